The predicted octanol–water partition coefficient (Wildman–Crippen LogP) is 4.69. The Labute approximate surface area is 110 Å². The number of rotatable bonds is 0. The minimum Gasteiger partial charge on any atom is -0.207 e. The van der Waals surface area contributed by atoms with Crippen LogP contribution in [0.5, 0.6) is 0 Å². The molecule has 1 aliphatic rings. The molecule has 1 atom stereocenters. The molecule has 0 heterocycles. The summed E-state index contributed by atoms with van der Waals surface area (Å²) in [6.45, 7) is 3.45. The molecule has 0 spiro atoms. The first-order chi connectivity index (χ1) is 8.99. The molecule has 0 amide bonds. The molecule has 0 saturated heterocycles. The zero-order valence-electron chi connectivity index (χ0n) is 11.0. The van der Waals surface area contributed by atoms with E-state index in [0.717, 1.165) is 30.4 Å². The highest BCUT2D eigenvalue weighted by Gasteiger charge is 2.23. The maximum atomic E-state index is 14.1. The lowest BCUT2D eigenvalue weighted by Crippen LogP contribution is -2.13. The Morgan fingerprint density at radius 1 is 1.11 bits per heavy atom. The van der Waals surface area contributed by atoms with Crippen molar-refractivity contribution in [3.8, 4) is 0 Å². The molecule has 1 unspecified atom stereocenters. The van der Waals surface area contributed by atoms with Crippen molar-refractivity contribution in [2.24, 2.45) is 5.92 Å². The van der Waals surface area contributed by atoms with Crippen LogP contribution in [0.25, 0.3) is 10.8 Å². The van der Waals surface area contributed by atoms with E-state index in [-0.39, 0.29) is 10.9 Å². The number of aryl methyl sites for hydroxylation is 1. The first-order valence-corrected chi connectivity index (χ1v) is 6.57. The van der Waals surface area contributed by atoms with Crippen molar-refractivity contribution in [1.29, 1.82) is 0 Å². The van der Waals surface area contributed by atoms with E-state index >= 15 is 0 Å². The van der Waals surface area contributed by atoms with Crippen molar-refractivity contribution in [3.05, 3.63) is 46.3 Å². The Bertz CT molecular complexity index is 674. The number of halogens is 3. The van der Waals surface area contributed by atoms with Crippen molar-refractivity contribution >= 4 is 10.8 Å². The van der Waals surface area contributed by atoms with E-state index in [0.29, 0.717) is 11.3 Å². The van der Waals surface area contributed by atoms with Gasteiger partial charge in [0.05, 0.1) is 5.39 Å². The third-order valence-corrected chi connectivity index (χ3v) is 4.16. The summed E-state index contributed by atoms with van der Waals surface area (Å²) >= 11 is 0. The van der Waals surface area contributed by atoms with E-state index in [2.05, 4.69) is 6.92 Å². The molecule has 0 nitrogen and oxygen atoms in total. The molecule has 0 aromatic heterocycles. The van der Waals surface area contributed by atoms with Crippen LogP contribution in [0.3, 0.4) is 0 Å². The van der Waals surface area contributed by atoms with E-state index in [1.807, 2.05) is 0 Å². The normalized spacial score (nSPS) is 18.7. The third kappa shape index (κ3) is 1.83. The SMILES string of the molecule is Cc1c(F)cc2c3c(cc(F)c2c1F)CC(C)CC3. The Morgan fingerprint density at radius 2 is 1.84 bits per heavy atom. The number of benzene rings is 2. The molecule has 0 aliphatic heterocycles. The van der Waals surface area contributed by atoms with Gasteiger partial charge in [0.25, 0.3) is 0 Å². The number of hydrogen-bond donors (Lipinski definition) is 0. The van der Waals surface area contributed by atoms with Crippen LogP contribution in [0.4, 0.5) is 13.2 Å². The van der Waals surface area contributed by atoms with E-state index in [1.165, 1.54) is 19.1 Å². The van der Waals surface area contributed by atoms with Crippen LogP contribution in [0, 0.1) is 30.3 Å². The van der Waals surface area contributed by atoms with E-state index in [4.69, 9.17) is 0 Å². The Balaban J connectivity index is 2.40. The predicted molar refractivity (Wildman–Crippen MR) is 69.7 cm³/mol. The Morgan fingerprint density at radius 3 is 2.58 bits per heavy atom. The van der Waals surface area contributed by atoms with Crippen LogP contribution in [0.2, 0.25) is 0 Å². The molecule has 0 N–H and O–H groups in total. The van der Waals surface area contributed by atoms with Gasteiger partial charge < -0.3 is 0 Å². The number of hydrogen-bond acceptors (Lipinski definition) is 0. The van der Waals surface area contributed by atoms with Crippen molar-refractivity contribution in [2.45, 2.75) is 33.1 Å². The maximum absolute atomic E-state index is 14.1. The first kappa shape index (κ1) is 12.5. The smallest absolute Gasteiger partial charge is 0.139 e. The van der Waals surface area contributed by atoms with Crippen LogP contribution in [-0.4, -0.2) is 0 Å². The zero-order chi connectivity index (χ0) is 13.7. The van der Waals surface area contributed by atoms with Gasteiger partial charge in [-0.05, 0) is 60.7 Å². The average molecular weight is 264 g/mol. The largest absolute Gasteiger partial charge is 0.207 e. The molecule has 3 rings (SSSR count). The minimum absolute atomic E-state index is 0.0628. The lowest BCUT2D eigenvalue weighted by molar-refractivity contribution is 0.499. The van der Waals surface area contributed by atoms with Gasteiger partial charge in [-0.1, -0.05) is 6.92 Å². The Kier molecular flexibility index (Phi) is 2.80. The fourth-order valence-electron chi connectivity index (χ4n) is 3.02. The summed E-state index contributed by atoms with van der Waals surface area (Å²) in [4.78, 5) is 0. The summed E-state index contributed by atoms with van der Waals surface area (Å²) in [5.41, 5.74) is 1.69. The van der Waals surface area contributed by atoms with Gasteiger partial charge in [-0.3, -0.25) is 0 Å². The van der Waals surface area contributed by atoms with E-state index in [9.17, 15) is 13.2 Å². The molecule has 19 heavy (non-hydrogen) atoms. The van der Waals surface area contributed by atoms with Crippen LogP contribution in [-0.2, 0) is 12.8 Å². The molecule has 3 heteroatoms. The molecule has 0 fully saturated rings. The second-order valence-electron chi connectivity index (χ2n) is 5.56. The highest BCUT2D eigenvalue weighted by molar-refractivity contribution is 5.89. The standard InChI is InChI=1S/C16H15F3/c1-8-3-4-11-10(5-8)6-14(18)15-12(11)7-13(17)9(2)16(15)19/h6-8H,3-5H2,1-2H3. The van der Waals surface area contributed by atoms with Gasteiger partial charge in [-0.25, -0.2) is 13.2 Å². The van der Waals surface area contributed by atoms with E-state index < -0.39 is 17.5 Å². The summed E-state index contributed by atoms with van der Waals surface area (Å²) in [5.74, 6) is -1.46. The van der Waals surface area contributed by atoms with Crippen molar-refractivity contribution in [3.63, 3.8) is 0 Å². The first-order valence-electron chi connectivity index (χ1n) is 6.57. The minimum atomic E-state index is -0.770. The second-order valence-corrected chi connectivity index (χ2v) is 5.56. The van der Waals surface area contributed by atoms with Gasteiger partial charge in [-0.2, -0.15) is 0 Å². The molecule has 2 aromatic rings. The second kappa shape index (κ2) is 4.26. The fraction of sp³-hybridized carbons (Fsp3) is 0.375. The summed E-state index contributed by atoms with van der Waals surface area (Å²) in [6, 6.07) is 2.71. The van der Waals surface area contributed by atoms with E-state index in [1.54, 1.807) is 0 Å². The molecule has 0 radical (unpaired) electrons. The van der Waals surface area contributed by atoms with Crippen molar-refractivity contribution in [1.82, 2.24) is 0 Å². The van der Waals surface area contributed by atoms with Gasteiger partial charge in [0.15, 0.2) is 0 Å². The highest BCUT2D eigenvalue weighted by Crippen LogP contribution is 2.35. The topological polar surface area (TPSA) is 0 Å². The molecule has 2 aromatic carbocycles. The third-order valence-electron chi connectivity index (χ3n) is 4.16. The quantitative estimate of drug-likeness (QED) is 0.647. The molecule has 100 valence electrons. The van der Waals surface area contributed by atoms with Crippen LogP contribution < -0.4 is 0 Å². The lowest BCUT2D eigenvalue weighted by atomic mass is 9.82. The summed E-state index contributed by atoms with van der Waals surface area (Å²) in [5, 5.41) is 0.342. The van der Waals surface area contributed by atoms with Gasteiger partial charge in [-0.15, -0.1) is 0 Å². The van der Waals surface area contributed by atoms with Gasteiger partial charge in [0, 0.05) is 5.56 Å². The summed E-state index contributed by atoms with van der Waals surface area (Å²) in [6.07, 6.45) is 2.51. The highest BCUT2D eigenvalue weighted by atomic mass is 19.1. The summed E-state index contributed by atoms with van der Waals surface area (Å²) < 4.78 is 41.9. The molecular weight excluding hydrogens is 249 g/mol. The number of fused-ring (bicyclic) bond motifs is 3. The van der Waals surface area contributed by atoms with Gasteiger partial charge >= 0.3 is 0 Å². The van der Waals surface area contributed by atoms with Gasteiger partial charge in [0.2, 0.25) is 0 Å². The molecule has 1 aliphatic carbocycles. The fourth-order valence-corrected chi connectivity index (χ4v) is 3.02. The zero-order valence-corrected chi connectivity index (χ0v) is 11.0. The van der Waals surface area contributed by atoms with Crippen LogP contribution >= 0.6 is 0 Å². The van der Waals surface area contributed by atoms with Crippen molar-refractivity contribution < 1.29 is 13.2 Å². The van der Waals surface area contributed by atoms with Crippen LogP contribution in [0.1, 0.15) is 30.0 Å². The molecule has 0 bridgehead atoms. The molecule has 0 saturated carbocycles. The maximum Gasteiger partial charge on any atom is 0.139 e. The van der Waals surface area contributed by atoms with Crippen LogP contribution in [0.15, 0.2) is 12.1 Å². The van der Waals surface area contributed by atoms with Crippen molar-refractivity contribution in [2.75, 3.05) is 0 Å². The monoisotopic (exact) mass is 264 g/mol. The Hall–Kier alpha value is -1.51. The lowest BCUT2D eigenvalue weighted by Gasteiger charge is -2.23. The molecular formula is C16H15F3. The van der Waals surface area contributed by atoms with Gasteiger partial charge in [0.1, 0.15) is 17.5 Å². The summed E-state index contributed by atoms with van der Waals surface area (Å²) in [7, 11) is 0. The average Bonchev–Trinajstić information content (AvgIpc) is 2.35.